The molecule has 0 fully saturated rings. The summed E-state index contributed by atoms with van der Waals surface area (Å²) in [6, 6.07) is 12.7. The van der Waals surface area contributed by atoms with Crippen LogP contribution in [0.25, 0.3) is 0 Å². The van der Waals surface area contributed by atoms with Crippen LogP contribution < -0.4 is 15.8 Å². The van der Waals surface area contributed by atoms with Crippen molar-refractivity contribution in [2.75, 3.05) is 5.32 Å². The Morgan fingerprint density at radius 1 is 1.10 bits per heavy atom. The molecule has 1 amide bonds. The van der Waals surface area contributed by atoms with Gasteiger partial charge < -0.3 is 15.8 Å². The Balaban J connectivity index is 2.15. The molecule has 0 aliphatic carbocycles. The van der Waals surface area contributed by atoms with E-state index in [-0.39, 0.29) is 5.91 Å². The van der Waals surface area contributed by atoms with Gasteiger partial charge in [0.25, 0.3) is 0 Å². The van der Waals surface area contributed by atoms with E-state index in [1.54, 1.807) is 19.1 Å². The van der Waals surface area contributed by atoms with Crippen LogP contribution in [0.15, 0.2) is 42.5 Å². The summed E-state index contributed by atoms with van der Waals surface area (Å²) in [4.78, 5) is 11.6. The fraction of sp³-hybridized carbons (Fsp3) is 0.235. The second-order valence-electron chi connectivity index (χ2n) is 5.23. The molecule has 0 spiro atoms. The van der Waals surface area contributed by atoms with Gasteiger partial charge in [0.15, 0.2) is 0 Å². The molecular formula is C17H20N2O2. The molecule has 0 saturated carbocycles. The van der Waals surface area contributed by atoms with Crippen molar-refractivity contribution < 1.29 is 9.53 Å². The zero-order valence-corrected chi connectivity index (χ0v) is 12.5. The summed E-state index contributed by atoms with van der Waals surface area (Å²) < 4.78 is 5.84. The Morgan fingerprint density at radius 3 is 2.38 bits per heavy atom. The topological polar surface area (TPSA) is 64.3 Å². The van der Waals surface area contributed by atoms with Crippen molar-refractivity contribution in [1.82, 2.24) is 0 Å². The monoisotopic (exact) mass is 284 g/mol. The standard InChI is InChI=1S/C17H20N2O2/c1-11-7-12(2)9-16(8-11)21-15-6-4-5-14(10-15)19-17(20)13(3)18/h4-10,13H,18H2,1-3H3,(H,19,20). The third-order valence-electron chi connectivity index (χ3n) is 2.95. The van der Waals surface area contributed by atoms with Gasteiger partial charge in [-0.1, -0.05) is 12.1 Å². The molecule has 2 rings (SSSR count). The molecule has 2 aromatic rings. The van der Waals surface area contributed by atoms with Gasteiger partial charge >= 0.3 is 0 Å². The highest BCUT2D eigenvalue weighted by molar-refractivity contribution is 5.94. The average Bonchev–Trinajstić information content (AvgIpc) is 2.37. The second kappa shape index (κ2) is 6.41. The minimum Gasteiger partial charge on any atom is -0.457 e. The van der Waals surface area contributed by atoms with Crippen LogP contribution in [0.2, 0.25) is 0 Å². The number of carbonyl (C=O) groups is 1. The molecule has 21 heavy (non-hydrogen) atoms. The van der Waals surface area contributed by atoms with E-state index in [0.717, 1.165) is 16.9 Å². The first-order chi connectivity index (χ1) is 9.94. The largest absolute Gasteiger partial charge is 0.457 e. The van der Waals surface area contributed by atoms with Crippen molar-refractivity contribution in [3.63, 3.8) is 0 Å². The van der Waals surface area contributed by atoms with E-state index in [1.807, 2.05) is 38.1 Å². The van der Waals surface area contributed by atoms with Gasteiger partial charge in [-0.3, -0.25) is 4.79 Å². The normalized spacial score (nSPS) is 11.8. The van der Waals surface area contributed by atoms with Crippen LogP contribution in [-0.4, -0.2) is 11.9 Å². The maximum Gasteiger partial charge on any atom is 0.241 e. The molecule has 0 aliphatic heterocycles. The summed E-state index contributed by atoms with van der Waals surface area (Å²) in [5.74, 6) is 1.23. The molecule has 0 heterocycles. The van der Waals surface area contributed by atoms with Gasteiger partial charge in [0, 0.05) is 11.8 Å². The second-order valence-corrected chi connectivity index (χ2v) is 5.23. The average molecular weight is 284 g/mol. The lowest BCUT2D eigenvalue weighted by Crippen LogP contribution is -2.32. The van der Waals surface area contributed by atoms with Gasteiger partial charge in [-0.25, -0.2) is 0 Å². The van der Waals surface area contributed by atoms with Crippen LogP contribution in [0.5, 0.6) is 11.5 Å². The summed E-state index contributed by atoms with van der Waals surface area (Å²) in [6.07, 6.45) is 0. The Morgan fingerprint density at radius 2 is 1.76 bits per heavy atom. The van der Waals surface area contributed by atoms with E-state index >= 15 is 0 Å². The van der Waals surface area contributed by atoms with Gasteiger partial charge in [-0.2, -0.15) is 0 Å². The van der Waals surface area contributed by atoms with E-state index in [1.165, 1.54) is 0 Å². The lowest BCUT2D eigenvalue weighted by atomic mass is 10.1. The predicted molar refractivity (Wildman–Crippen MR) is 84.7 cm³/mol. The molecule has 0 radical (unpaired) electrons. The van der Waals surface area contributed by atoms with Crippen molar-refractivity contribution in [2.24, 2.45) is 5.73 Å². The van der Waals surface area contributed by atoms with Crippen molar-refractivity contribution >= 4 is 11.6 Å². The van der Waals surface area contributed by atoms with Gasteiger partial charge in [-0.15, -0.1) is 0 Å². The molecule has 0 aliphatic rings. The molecule has 0 saturated heterocycles. The number of rotatable bonds is 4. The number of anilines is 1. The number of hydrogen-bond acceptors (Lipinski definition) is 3. The van der Waals surface area contributed by atoms with Crippen molar-refractivity contribution in [3.05, 3.63) is 53.6 Å². The molecule has 1 unspecified atom stereocenters. The van der Waals surface area contributed by atoms with E-state index < -0.39 is 6.04 Å². The maximum atomic E-state index is 11.6. The SMILES string of the molecule is Cc1cc(C)cc(Oc2cccc(NC(=O)C(C)N)c2)c1. The van der Waals surface area contributed by atoms with Gasteiger partial charge in [0.05, 0.1) is 6.04 Å². The lowest BCUT2D eigenvalue weighted by Gasteiger charge is -2.11. The smallest absolute Gasteiger partial charge is 0.241 e. The highest BCUT2D eigenvalue weighted by atomic mass is 16.5. The highest BCUT2D eigenvalue weighted by Gasteiger charge is 2.08. The van der Waals surface area contributed by atoms with Gasteiger partial charge in [0.1, 0.15) is 11.5 Å². The highest BCUT2D eigenvalue weighted by Crippen LogP contribution is 2.25. The number of nitrogens with one attached hydrogen (secondary N) is 1. The van der Waals surface area contributed by atoms with Crippen LogP contribution >= 0.6 is 0 Å². The van der Waals surface area contributed by atoms with Crippen LogP contribution in [-0.2, 0) is 4.79 Å². The summed E-state index contributed by atoms with van der Waals surface area (Å²) in [5, 5.41) is 2.75. The van der Waals surface area contributed by atoms with E-state index in [2.05, 4.69) is 11.4 Å². The third-order valence-corrected chi connectivity index (χ3v) is 2.95. The van der Waals surface area contributed by atoms with E-state index in [4.69, 9.17) is 10.5 Å². The number of nitrogens with two attached hydrogens (primary N) is 1. The maximum absolute atomic E-state index is 11.6. The molecule has 0 aromatic heterocycles. The summed E-state index contributed by atoms with van der Waals surface area (Å²) >= 11 is 0. The summed E-state index contributed by atoms with van der Waals surface area (Å²) in [5.41, 5.74) is 8.49. The van der Waals surface area contributed by atoms with Crippen LogP contribution in [0.1, 0.15) is 18.1 Å². The molecule has 4 heteroatoms. The first-order valence-corrected chi connectivity index (χ1v) is 6.87. The van der Waals surface area contributed by atoms with Gasteiger partial charge in [0.2, 0.25) is 5.91 Å². The number of benzene rings is 2. The Kier molecular flexibility index (Phi) is 4.60. The molecule has 0 bridgehead atoms. The van der Waals surface area contributed by atoms with Crippen LogP contribution in [0.4, 0.5) is 5.69 Å². The third kappa shape index (κ3) is 4.33. The summed E-state index contributed by atoms with van der Waals surface area (Å²) in [6.45, 7) is 5.70. The Bertz CT molecular complexity index is 631. The number of hydrogen-bond donors (Lipinski definition) is 2. The minimum atomic E-state index is -0.547. The summed E-state index contributed by atoms with van der Waals surface area (Å²) in [7, 11) is 0. The van der Waals surface area contributed by atoms with Crippen molar-refractivity contribution in [2.45, 2.75) is 26.8 Å². The number of aryl methyl sites for hydroxylation is 2. The van der Waals surface area contributed by atoms with E-state index in [0.29, 0.717) is 11.4 Å². The zero-order chi connectivity index (χ0) is 15.4. The Labute approximate surface area is 124 Å². The number of carbonyl (C=O) groups excluding carboxylic acids is 1. The molecule has 2 aromatic carbocycles. The molecule has 1 atom stereocenters. The first kappa shape index (κ1) is 15.1. The van der Waals surface area contributed by atoms with Gasteiger partial charge in [-0.05, 0) is 56.2 Å². The number of amides is 1. The molecule has 110 valence electrons. The molecule has 4 nitrogen and oxygen atoms in total. The fourth-order valence-electron chi connectivity index (χ4n) is 2.02. The predicted octanol–water partition coefficient (Wildman–Crippen LogP) is 3.38. The van der Waals surface area contributed by atoms with Crippen molar-refractivity contribution in [3.8, 4) is 11.5 Å². The number of ether oxygens (including phenoxy) is 1. The van der Waals surface area contributed by atoms with Crippen LogP contribution in [0.3, 0.4) is 0 Å². The lowest BCUT2D eigenvalue weighted by molar-refractivity contribution is -0.117. The quantitative estimate of drug-likeness (QED) is 0.904. The fourth-order valence-corrected chi connectivity index (χ4v) is 2.02. The van der Waals surface area contributed by atoms with Crippen LogP contribution in [0, 0.1) is 13.8 Å². The van der Waals surface area contributed by atoms with E-state index in [9.17, 15) is 4.79 Å². The zero-order valence-electron chi connectivity index (χ0n) is 12.5. The minimum absolute atomic E-state index is 0.224. The first-order valence-electron chi connectivity index (χ1n) is 6.87. The molecule has 3 N–H and O–H groups in total. The molecular weight excluding hydrogens is 264 g/mol. The van der Waals surface area contributed by atoms with Crippen molar-refractivity contribution in [1.29, 1.82) is 0 Å². The Hall–Kier alpha value is -2.33.